The largest absolute Gasteiger partial charge is 0.418 e. The standard InChI is InChI=1S/C20H26F3N5O/c1-26(2)12-13-28(19(29)27(3)4)18-17(16(10-11-24-18)20(21,22)23)25-14-15-8-6-5-7-9-15/h5-11,25H,12-14H2,1-4H3. The van der Waals surface area contributed by atoms with Gasteiger partial charge in [-0.2, -0.15) is 13.2 Å². The number of anilines is 2. The Hall–Kier alpha value is -2.81. The SMILES string of the molecule is CN(C)CCN(C(=O)N(C)C)c1nccc(C(F)(F)F)c1NCc1ccccc1. The van der Waals surface area contributed by atoms with Gasteiger partial charge in [0.15, 0.2) is 5.82 Å². The lowest BCUT2D eigenvalue weighted by atomic mass is 10.1. The summed E-state index contributed by atoms with van der Waals surface area (Å²) in [7, 11) is 6.75. The molecule has 0 aliphatic carbocycles. The molecule has 0 saturated heterocycles. The minimum Gasteiger partial charge on any atom is -0.377 e. The Morgan fingerprint density at radius 3 is 2.24 bits per heavy atom. The molecule has 2 rings (SSSR count). The lowest BCUT2D eigenvalue weighted by Crippen LogP contribution is -2.43. The van der Waals surface area contributed by atoms with Gasteiger partial charge in [0.2, 0.25) is 0 Å². The number of carbonyl (C=O) groups is 1. The first-order valence-corrected chi connectivity index (χ1v) is 9.08. The molecule has 0 bridgehead atoms. The number of carbonyl (C=O) groups excluding carboxylic acids is 1. The molecule has 0 aliphatic heterocycles. The molecule has 6 nitrogen and oxygen atoms in total. The van der Waals surface area contributed by atoms with Gasteiger partial charge in [0.25, 0.3) is 0 Å². The number of hydrogen-bond acceptors (Lipinski definition) is 4. The van der Waals surface area contributed by atoms with E-state index in [4.69, 9.17) is 0 Å². The van der Waals surface area contributed by atoms with Crippen molar-refractivity contribution in [2.24, 2.45) is 0 Å². The van der Waals surface area contributed by atoms with Crippen molar-refractivity contribution in [3.8, 4) is 0 Å². The van der Waals surface area contributed by atoms with E-state index in [0.717, 1.165) is 17.8 Å². The molecule has 0 spiro atoms. The van der Waals surface area contributed by atoms with E-state index in [-0.39, 0.29) is 24.6 Å². The minimum absolute atomic E-state index is 0.0451. The summed E-state index contributed by atoms with van der Waals surface area (Å²) in [6, 6.07) is 9.55. The number of benzene rings is 1. The molecule has 2 aromatic rings. The van der Waals surface area contributed by atoms with Gasteiger partial charge in [0.05, 0.1) is 11.3 Å². The maximum absolute atomic E-state index is 13.7. The maximum atomic E-state index is 13.7. The zero-order valence-corrected chi connectivity index (χ0v) is 17.0. The van der Waals surface area contributed by atoms with Crippen LogP contribution >= 0.6 is 0 Å². The van der Waals surface area contributed by atoms with Gasteiger partial charge in [-0.05, 0) is 25.7 Å². The molecule has 9 heteroatoms. The molecule has 29 heavy (non-hydrogen) atoms. The van der Waals surface area contributed by atoms with Crippen molar-refractivity contribution in [2.75, 3.05) is 51.5 Å². The van der Waals surface area contributed by atoms with E-state index < -0.39 is 17.8 Å². The van der Waals surface area contributed by atoms with Gasteiger partial charge in [0.1, 0.15) is 0 Å². The summed E-state index contributed by atoms with van der Waals surface area (Å²) in [6.45, 7) is 0.828. The average molecular weight is 409 g/mol. The van der Waals surface area contributed by atoms with Crippen molar-refractivity contribution in [1.82, 2.24) is 14.8 Å². The first-order chi connectivity index (χ1) is 13.6. The highest BCUT2D eigenvalue weighted by Gasteiger charge is 2.36. The summed E-state index contributed by atoms with van der Waals surface area (Å²) in [6.07, 6.45) is -3.51. The first kappa shape index (κ1) is 22.5. The third-order valence-electron chi connectivity index (χ3n) is 4.19. The Morgan fingerprint density at radius 2 is 1.69 bits per heavy atom. The number of nitrogens with one attached hydrogen (secondary N) is 1. The van der Waals surface area contributed by atoms with Crippen molar-refractivity contribution in [3.63, 3.8) is 0 Å². The van der Waals surface area contributed by atoms with Gasteiger partial charge in [-0.1, -0.05) is 30.3 Å². The van der Waals surface area contributed by atoms with Crippen LogP contribution in [0.25, 0.3) is 0 Å². The second-order valence-corrected chi connectivity index (χ2v) is 7.03. The molecule has 1 aromatic carbocycles. The summed E-state index contributed by atoms with van der Waals surface area (Å²) in [5, 5.41) is 2.86. The van der Waals surface area contributed by atoms with Crippen LogP contribution in [0.5, 0.6) is 0 Å². The van der Waals surface area contributed by atoms with Crippen molar-refractivity contribution in [1.29, 1.82) is 0 Å². The predicted octanol–water partition coefficient (Wildman–Crippen LogP) is 3.76. The molecule has 0 atom stereocenters. The second-order valence-electron chi connectivity index (χ2n) is 7.03. The number of pyridine rings is 1. The van der Waals surface area contributed by atoms with E-state index in [1.54, 1.807) is 14.1 Å². The van der Waals surface area contributed by atoms with E-state index in [9.17, 15) is 18.0 Å². The Kier molecular flexibility index (Phi) is 7.44. The second kappa shape index (κ2) is 9.60. The van der Waals surface area contributed by atoms with Crippen LogP contribution in [0.3, 0.4) is 0 Å². The van der Waals surface area contributed by atoms with E-state index in [1.807, 2.05) is 49.3 Å². The number of hydrogen-bond donors (Lipinski definition) is 1. The highest BCUT2D eigenvalue weighted by atomic mass is 19.4. The van der Waals surface area contributed by atoms with Crippen molar-refractivity contribution < 1.29 is 18.0 Å². The summed E-state index contributed by atoms with van der Waals surface area (Å²) in [5.41, 5.74) is -0.258. The van der Waals surface area contributed by atoms with Crippen LogP contribution in [0.15, 0.2) is 42.6 Å². The van der Waals surface area contributed by atoms with Crippen LogP contribution in [0.2, 0.25) is 0 Å². The third kappa shape index (κ3) is 6.08. The maximum Gasteiger partial charge on any atom is 0.418 e. The fourth-order valence-electron chi connectivity index (χ4n) is 2.69. The van der Waals surface area contributed by atoms with Crippen LogP contribution in [0.4, 0.5) is 29.5 Å². The molecule has 0 aliphatic rings. The molecular formula is C20H26F3N5O. The molecule has 0 saturated carbocycles. The lowest BCUT2D eigenvalue weighted by molar-refractivity contribution is -0.137. The van der Waals surface area contributed by atoms with Crippen LogP contribution in [-0.4, -0.2) is 62.1 Å². The van der Waals surface area contributed by atoms with Gasteiger partial charge in [-0.3, -0.25) is 4.90 Å². The number of likely N-dealkylation sites (N-methyl/N-ethyl adjacent to an activating group) is 1. The predicted molar refractivity (Wildman–Crippen MR) is 108 cm³/mol. The van der Waals surface area contributed by atoms with E-state index in [2.05, 4.69) is 10.3 Å². The number of halogens is 3. The van der Waals surface area contributed by atoms with E-state index in [0.29, 0.717) is 6.54 Å². The number of aromatic nitrogens is 1. The molecule has 0 fully saturated rings. The lowest BCUT2D eigenvalue weighted by Gasteiger charge is -2.29. The Morgan fingerprint density at radius 1 is 1.03 bits per heavy atom. The summed E-state index contributed by atoms with van der Waals surface area (Å²) in [5.74, 6) is -0.0451. The zero-order chi connectivity index (χ0) is 21.6. The normalized spacial score (nSPS) is 11.4. The zero-order valence-electron chi connectivity index (χ0n) is 17.0. The van der Waals surface area contributed by atoms with Gasteiger partial charge in [-0.25, -0.2) is 9.78 Å². The number of rotatable bonds is 7. The van der Waals surface area contributed by atoms with Crippen LogP contribution in [0.1, 0.15) is 11.1 Å². The van der Waals surface area contributed by atoms with Gasteiger partial charge in [-0.15, -0.1) is 0 Å². The smallest absolute Gasteiger partial charge is 0.377 e. The fraction of sp³-hybridized carbons (Fsp3) is 0.400. The Bertz CT molecular complexity index is 810. The van der Waals surface area contributed by atoms with Crippen molar-refractivity contribution >= 4 is 17.5 Å². The highest BCUT2D eigenvalue weighted by Crippen LogP contribution is 2.39. The average Bonchev–Trinajstić information content (AvgIpc) is 2.66. The highest BCUT2D eigenvalue weighted by molar-refractivity contribution is 5.94. The molecular weight excluding hydrogens is 383 g/mol. The summed E-state index contributed by atoms with van der Waals surface area (Å²) in [4.78, 5) is 21.3. The number of alkyl halides is 3. The molecule has 1 N–H and O–H groups in total. The van der Waals surface area contributed by atoms with Gasteiger partial charge < -0.3 is 15.1 Å². The number of amides is 2. The van der Waals surface area contributed by atoms with Crippen molar-refractivity contribution in [3.05, 3.63) is 53.7 Å². The topological polar surface area (TPSA) is 51.7 Å². The number of urea groups is 1. The summed E-state index contributed by atoms with van der Waals surface area (Å²) < 4.78 is 41.1. The monoisotopic (exact) mass is 409 g/mol. The summed E-state index contributed by atoms with van der Waals surface area (Å²) >= 11 is 0. The molecule has 0 unspecified atom stereocenters. The van der Waals surface area contributed by atoms with E-state index in [1.165, 1.54) is 9.80 Å². The van der Waals surface area contributed by atoms with E-state index >= 15 is 0 Å². The molecule has 1 aromatic heterocycles. The Labute approximate surface area is 168 Å². The van der Waals surface area contributed by atoms with Crippen LogP contribution in [0, 0.1) is 0 Å². The minimum atomic E-state index is -4.59. The third-order valence-corrected chi connectivity index (χ3v) is 4.19. The molecule has 158 valence electrons. The Balaban J connectivity index is 2.50. The van der Waals surface area contributed by atoms with Crippen LogP contribution < -0.4 is 10.2 Å². The quantitative estimate of drug-likeness (QED) is 0.757. The van der Waals surface area contributed by atoms with Crippen molar-refractivity contribution in [2.45, 2.75) is 12.7 Å². The molecule has 0 radical (unpaired) electrons. The van der Waals surface area contributed by atoms with Crippen LogP contribution in [-0.2, 0) is 12.7 Å². The molecule has 1 heterocycles. The molecule has 2 amide bonds. The number of nitrogens with zero attached hydrogens (tertiary/aromatic N) is 4. The van der Waals surface area contributed by atoms with Gasteiger partial charge in [0, 0.05) is 39.9 Å². The first-order valence-electron chi connectivity index (χ1n) is 9.08. The fourth-order valence-corrected chi connectivity index (χ4v) is 2.69. The van der Waals surface area contributed by atoms with Gasteiger partial charge >= 0.3 is 12.2 Å².